The molecule has 1 aromatic carbocycles. The van der Waals surface area contributed by atoms with Gasteiger partial charge in [-0.05, 0) is 43.5 Å². The maximum atomic E-state index is 12.3. The standard InChI is InChI=1S/C13H18ClNO2S/c1-2-15-13(10-6-7-10)9-18(16,17)12-5-3-4-11(14)8-12/h3-5,8,10,13,15H,2,6-7,9H2,1H3. The fraction of sp³-hybridized carbons (Fsp3) is 0.538. The van der Waals surface area contributed by atoms with Crippen molar-refractivity contribution in [1.29, 1.82) is 0 Å². The lowest BCUT2D eigenvalue weighted by Gasteiger charge is -2.17. The van der Waals surface area contributed by atoms with Gasteiger partial charge in [0.2, 0.25) is 0 Å². The monoisotopic (exact) mass is 287 g/mol. The Morgan fingerprint density at radius 3 is 2.72 bits per heavy atom. The Morgan fingerprint density at radius 1 is 1.44 bits per heavy atom. The van der Waals surface area contributed by atoms with Crippen molar-refractivity contribution in [3.05, 3.63) is 29.3 Å². The molecule has 2 rings (SSSR count). The number of hydrogen-bond acceptors (Lipinski definition) is 3. The van der Waals surface area contributed by atoms with E-state index in [1.807, 2.05) is 6.92 Å². The van der Waals surface area contributed by atoms with Crippen LogP contribution in [0.25, 0.3) is 0 Å². The Balaban J connectivity index is 2.15. The van der Waals surface area contributed by atoms with Crippen LogP contribution in [0.4, 0.5) is 0 Å². The summed E-state index contributed by atoms with van der Waals surface area (Å²) in [7, 11) is -3.26. The van der Waals surface area contributed by atoms with Crippen molar-refractivity contribution in [2.75, 3.05) is 12.3 Å². The van der Waals surface area contributed by atoms with Gasteiger partial charge in [0.15, 0.2) is 9.84 Å². The normalized spacial score (nSPS) is 17.7. The topological polar surface area (TPSA) is 46.2 Å². The van der Waals surface area contributed by atoms with Crippen LogP contribution < -0.4 is 5.32 Å². The minimum Gasteiger partial charge on any atom is -0.313 e. The smallest absolute Gasteiger partial charge is 0.179 e. The van der Waals surface area contributed by atoms with E-state index in [9.17, 15) is 8.42 Å². The van der Waals surface area contributed by atoms with Crippen LogP contribution in [0.5, 0.6) is 0 Å². The van der Waals surface area contributed by atoms with E-state index in [1.165, 1.54) is 6.07 Å². The number of rotatable bonds is 6. The van der Waals surface area contributed by atoms with Crippen LogP contribution in [0, 0.1) is 5.92 Å². The Bertz CT molecular complexity index is 511. The fourth-order valence-corrected chi connectivity index (χ4v) is 4.02. The summed E-state index contributed by atoms with van der Waals surface area (Å²) in [4.78, 5) is 0.318. The third-order valence-electron chi connectivity index (χ3n) is 3.21. The molecule has 100 valence electrons. The molecule has 1 aliphatic carbocycles. The van der Waals surface area contributed by atoms with E-state index in [0.29, 0.717) is 15.8 Å². The summed E-state index contributed by atoms with van der Waals surface area (Å²) in [5, 5.41) is 3.73. The highest BCUT2D eigenvalue weighted by molar-refractivity contribution is 7.91. The van der Waals surface area contributed by atoms with Crippen molar-refractivity contribution < 1.29 is 8.42 Å². The quantitative estimate of drug-likeness (QED) is 0.874. The molecule has 0 spiro atoms. The lowest BCUT2D eigenvalue weighted by atomic mass is 10.2. The zero-order valence-corrected chi connectivity index (χ0v) is 12.0. The zero-order valence-electron chi connectivity index (χ0n) is 10.4. The van der Waals surface area contributed by atoms with Crippen LogP contribution >= 0.6 is 11.6 Å². The largest absolute Gasteiger partial charge is 0.313 e. The van der Waals surface area contributed by atoms with E-state index >= 15 is 0 Å². The van der Waals surface area contributed by atoms with Crippen molar-refractivity contribution in [1.82, 2.24) is 5.32 Å². The number of nitrogens with one attached hydrogen (secondary N) is 1. The van der Waals surface area contributed by atoms with E-state index in [-0.39, 0.29) is 11.8 Å². The van der Waals surface area contributed by atoms with Gasteiger partial charge in [0.05, 0.1) is 10.6 Å². The lowest BCUT2D eigenvalue weighted by molar-refractivity contribution is 0.502. The number of sulfone groups is 1. The van der Waals surface area contributed by atoms with E-state index in [0.717, 1.165) is 19.4 Å². The molecule has 1 unspecified atom stereocenters. The molecule has 0 amide bonds. The Hall–Kier alpha value is -0.580. The zero-order chi connectivity index (χ0) is 13.2. The Labute approximate surface area is 113 Å². The molecule has 18 heavy (non-hydrogen) atoms. The molecule has 1 fully saturated rings. The summed E-state index contributed by atoms with van der Waals surface area (Å²) in [6.07, 6.45) is 2.26. The van der Waals surface area contributed by atoms with Crippen LogP contribution in [0.15, 0.2) is 29.2 Å². The predicted octanol–water partition coefficient (Wildman–Crippen LogP) is 2.50. The third kappa shape index (κ3) is 3.46. The molecular weight excluding hydrogens is 270 g/mol. The maximum absolute atomic E-state index is 12.3. The van der Waals surface area contributed by atoms with Crippen molar-refractivity contribution in [3.8, 4) is 0 Å². The van der Waals surface area contributed by atoms with Gasteiger partial charge in [-0.2, -0.15) is 0 Å². The minimum atomic E-state index is -3.26. The molecule has 0 radical (unpaired) electrons. The third-order valence-corrected chi connectivity index (χ3v) is 5.22. The molecule has 1 saturated carbocycles. The fourth-order valence-electron chi connectivity index (χ4n) is 2.12. The van der Waals surface area contributed by atoms with Gasteiger partial charge in [-0.3, -0.25) is 0 Å². The van der Waals surface area contributed by atoms with E-state index < -0.39 is 9.84 Å². The highest BCUT2D eigenvalue weighted by atomic mass is 35.5. The first-order valence-corrected chi connectivity index (χ1v) is 8.27. The first-order chi connectivity index (χ1) is 8.53. The van der Waals surface area contributed by atoms with Crippen molar-refractivity contribution in [2.24, 2.45) is 5.92 Å². The summed E-state index contributed by atoms with van der Waals surface area (Å²) in [6.45, 7) is 2.80. The molecule has 1 aromatic rings. The summed E-state index contributed by atoms with van der Waals surface area (Å²) in [5.41, 5.74) is 0. The van der Waals surface area contributed by atoms with Crippen LogP contribution in [0.1, 0.15) is 19.8 Å². The Morgan fingerprint density at radius 2 is 2.17 bits per heavy atom. The molecule has 1 N–H and O–H groups in total. The lowest BCUT2D eigenvalue weighted by Crippen LogP contribution is -2.37. The van der Waals surface area contributed by atoms with E-state index in [2.05, 4.69) is 5.32 Å². The van der Waals surface area contributed by atoms with E-state index in [1.54, 1.807) is 18.2 Å². The average Bonchev–Trinajstić information content (AvgIpc) is 3.12. The maximum Gasteiger partial charge on any atom is 0.179 e. The summed E-state index contributed by atoms with van der Waals surface area (Å²) in [6, 6.07) is 6.56. The second kappa shape index (κ2) is 5.59. The average molecular weight is 288 g/mol. The van der Waals surface area contributed by atoms with Gasteiger partial charge >= 0.3 is 0 Å². The second-order valence-electron chi connectivity index (χ2n) is 4.74. The summed E-state index contributed by atoms with van der Waals surface area (Å²) >= 11 is 5.84. The van der Waals surface area contributed by atoms with Crippen LogP contribution in [0.2, 0.25) is 5.02 Å². The van der Waals surface area contributed by atoms with Gasteiger partial charge in [-0.1, -0.05) is 24.6 Å². The summed E-state index contributed by atoms with van der Waals surface area (Å²) in [5.74, 6) is 0.671. The second-order valence-corrected chi connectivity index (χ2v) is 7.21. The van der Waals surface area contributed by atoms with Crippen LogP contribution in [-0.2, 0) is 9.84 Å². The van der Waals surface area contributed by atoms with Gasteiger partial charge in [-0.15, -0.1) is 0 Å². The number of halogens is 1. The Kier molecular flexibility index (Phi) is 4.30. The molecule has 0 heterocycles. The van der Waals surface area contributed by atoms with Gasteiger partial charge < -0.3 is 5.32 Å². The molecule has 1 aliphatic rings. The molecule has 0 saturated heterocycles. The highest BCUT2D eigenvalue weighted by Gasteiger charge is 2.34. The molecule has 0 aliphatic heterocycles. The molecular formula is C13H18ClNO2S. The van der Waals surface area contributed by atoms with Crippen molar-refractivity contribution >= 4 is 21.4 Å². The highest BCUT2D eigenvalue weighted by Crippen LogP contribution is 2.34. The van der Waals surface area contributed by atoms with Gasteiger partial charge in [0, 0.05) is 11.1 Å². The molecule has 0 aromatic heterocycles. The SMILES string of the molecule is CCNC(CS(=O)(=O)c1cccc(Cl)c1)C1CC1. The summed E-state index contributed by atoms with van der Waals surface area (Å²) < 4.78 is 24.6. The molecule has 1 atom stereocenters. The molecule has 5 heteroatoms. The van der Waals surface area contributed by atoms with Gasteiger partial charge in [-0.25, -0.2) is 8.42 Å². The van der Waals surface area contributed by atoms with E-state index in [4.69, 9.17) is 11.6 Å². The minimum absolute atomic E-state index is 0.0685. The first-order valence-electron chi connectivity index (χ1n) is 6.24. The van der Waals surface area contributed by atoms with Crippen molar-refractivity contribution in [2.45, 2.75) is 30.7 Å². The van der Waals surface area contributed by atoms with Crippen LogP contribution in [-0.4, -0.2) is 26.8 Å². The number of hydrogen-bond donors (Lipinski definition) is 1. The molecule has 3 nitrogen and oxygen atoms in total. The first kappa shape index (κ1) is 13.8. The predicted molar refractivity (Wildman–Crippen MR) is 73.7 cm³/mol. The van der Waals surface area contributed by atoms with Crippen LogP contribution in [0.3, 0.4) is 0 Å². The number of benzene rings is 1. The van der Waals surface area contributed by atoms with Gasteiger partial charge in [0.1, 0.15) is 0 Å². The van der Waals surface area contributed by atoms with Gasteiger partial charge in [0.25, 0.3) is 0 Å². The molecule has 0 bridgehead atoms. The van der Waals surface area contributed by atoms with Crippen molar-refractivity contribution in [3.63, 3.8) is 0 Å².